The Morgan fingerprint density at radius 2 is 1.71 bits per heavy atom. The molecule has 0 spiro atoms. The Morgan fingerprint density at radius 1 is 1.00 bits per heavy atom. The second-order valence-corrected chi connectivity index (χ2v) is 7.70. The number of carbonyl (C=O) groups excluding carboxylic acids is 2. The van der Waals surface area contributed by atoms with Crippen LogP contribution in [0.3, 0.4) is 0 Å². The summed E-state index contributed by atoms with van der Waals surface area (Å²) in [6, 6.07) is 14.0. The fourth-order valence-corrected chi connectivity index (χ4v) is 4.44. The normalized spacial score (nSPS) is 31.9. The number of ether oxygens (including phenoxy) is 1. The zero-order valence-corrected chi connectivity index (χ0v) is 15.5. The topological polar surface area (TPSA) is 104 Å². The van der Waals surface area contributed by atoms with E-state index < -0.39 is 28.4 Å². The standard InChI is InChI=1S/C22H22O6/c1-20(25)15-9-5-10-16(28-13-14-7-3-2-4-8-14)18(15)19(24)22(27)17(23)11-6-12-21(20,22)26/h2-5,7-10,25-27H,6,11-13H2,1H3/t20-,21-,22+/m0/s1. The molecule has 3 N–H and O–H groups in total. The molecule has 6 heteroatoms. The van der Waals surface area contributed by atoms with E-state index in [2.05, 4.69) is 0 Å². The summed E-state index contributed by atoms with van der Waals surface area (Å²) < 4.78 is 5.81. The molecule has 2 aliphatic rings. The summed E-state index contributed by atoms with van der Waals surface area (Å²) in [5.41, 5.74) is -6.05. The van der Waals surface area contributed by atoms with Gasteiger partial charge >= 0.3 is 0 Å². The van der Waals surface area contributed by atoms with Crippen LogP contribution in [0.15, 0.2) is 48.5 Å². The molecule has 146 valence electrons. The second-order valence-electron chi connectivity index (χ2n) is 7.70. The molecule has 28 heavy (non-hydrogen) atoms. The summed E-state index contributed by atoms with van der Waals surface area (Å²) in [5, 5.41) is 33.5. The largest absolute Gasteiger partial charge is 0.488 e. The maximum Gasteiger partial charge on any atom is 0.218 e. The molecule has 4 rings (SSSR count). The Kier molecular flexibility index (Phi) is 4.19. The number of hydrogen-bond donors (Lipinski definition) is 3. The van der Waals surface area contributed by atoms with Gasteiger partial charge in [0, 0.05) is 12.0 Å². The van der Waals surface area contributed by atoms with Gasteiger partial charge in [-0.2, -0.15) is 0 Å². The Bertz CT molecular complexity index is 951. The van der Waals surface area contributed by atoms with E-state index in [0.29, 0.717) is 0 Å². The molecule has 0 heterocycles. The van der Waals surface area contributed by atoms with E-state index in [1.54, 1.807) is 12.1 Å². The highest BCUT2D eigenvalue weighted by Crippen LogP contribution is 2.54. The molecule has 0 radical (unpaired) electrons. The van der Waals surface area contributed by atoms with Crippen LogP contribution < -0.4 is 4.74 Å². The van der Waals surface area contributed by atoms with Crippen LogP contribution in [0.25, 0.3) is 0 Å². The van der Waals surface area contributed by atoms with Crippen molar-refractivity contribution in [1.29, 1.82) is 0 Å². The van der Waals surface area contributed by atoms with Crippen molar-refractivity contribution in [2.45, 2.75) is 49.6 Å². The lowest BCUT2D eigenvalue weighted by atomic mass is 9.54. The third kappa shape index (κ3) is 2.32. The van der Waals surface area contributed by atoms with Crippen molar-refractivity contribution in [3.05, 3.63) is 65.2 Å². The third-order valence-electron chi connectivity index (χ3n) is 6.09. The summed E-state index contributed by atoms with van der Waals surface area (Å²) >= 11 is 0. The van der Waals surface area contributed by atoms with Crippen molar-refractivity contribution < 1.29 is 29.6 Å². The van der Waals surface area contributed by atoms with Crippen molar-refractivity contribution in [3.63, 3.8) is 0 Å². The highest BCUT2D eigenvalue weighted by molar-refractivity contribution is 6.21. The lowest BCUT2D eigenvalue weighted by Gasteiger charge is -2.55. The number of hydrogen-bond acceptors (Lipinski definition) is 6. The van der Waals surface area contributed by atoms with Crippen LogP contribution in [0.5, 0.6) is 5.75 Å². The SMILES string of the molecule is C[C@]1(O)c2cccc(OCc3ccccc3)c2C(=O)[C@]2(O)C(=O)CCC[C@@]21O. The maximum absolute atomic E-state index is 13.3. The molecular weight excluding hydrogens is 360 g/mol. The predicted octanol–water partition coefficient (Wildman–Crippen LogP) is 1.88. The zero-order valence-electron chi connectivity index (χ0n) is 15.5. The highest BCUT2D eigenvalue weighted by Gasteiger charge is 2.72. The van der Waals surface area contributed by atoms with Gasteiger partial charge in [0.05, 0.1) is 5.56 Å². The Hall–Kier alpha value is -2.54. The molecule has 0 unspecified atom stereocenters. The first kappa shape index (κ1) is 18.8. The molecule has 1 fully saturated rings. The van der Waals surface area contributed by atoms with Crippen molar-refractivity contribution in [1.82, 2.24) is 0 Å². The molecule has 0 saturated heterocycles. The first-order valence-electron chi connectivity index (χ1n) is 9.29. The van der Waals surface area contributed by atoms with Crippen LogP contribution in [-0.2, 0) is 17.0 Å². The van der Waals surface area contributed by atoms with Crippen LogP contribution in [0.2, 0.25) is 0 Å². The van der Waals surface area contributed by atoms with Crippen LogP contribution in [0, 0.1) is 0 Å². The maximum atomic E-state index is 13.3. The van der Waals surface area contributed by atoms with Gasteiger partial charge in [-0.1, -0.05) is 42.5 Å². The van der Waals surface area contributed by atoms with Crippen molar-refractivity contribution in [2.75, 3.05) is 0 Å². The molecule has 2 aliphatic carbocycles. The molecule has 2 aromatic carbocycles. The Balaban J connectivity index is 1.84. The van der Waals surface area contributed by atoms with E-state index >= 15 is 0 Å². The number of benzene rings is 2. The number of carbonyl (C=O) groups is 2. The number of rotatable bonds is 3. The molecule has 2 aromatic rings. The van der Waals surface area contributed by atoms with E-state index in [9.17, 15) is 24.9 Å². The second kappa shape index (κ2) is 6.24. The van der Waals surface area contributed by atoms with Crippen LogP contribution in [-0.4, -0.2) is 38.1 Å². The van der Waals surface area contributed by atoms with Gasteiger partial charge in [0.15, 0.2) is 5.78 Å². The number of fused-ring (bicyclic) bond motifs is 2. The summed E-state index contributed by atoms with van der Waals surface area (Å²) in [6.45, 7) is 1.49. The monoisotopic (exact) mass is 382 g/mol. The van der Waals surface area contributed by atoms with Crippen molar-refractivity contribution >= 4 is 11.6 Å². The van der Waals surface area contributed by atoms with Gasteiger partial charge in [0.2, 0.25) is 11.4 Å². The van der Waals surface area contributed by atoms with Gasteiger partial charge in [-0.05, 0) is 31.4 Å². The minimum Gasteiger partial charge on any atom is -0.488 e. The number of Topliss-reactive ketones (excluding diaryl/α,β-unsaturated/α-hetero) is 2. The first-order chi connectivity index (χ1) is 13.2. The van der Waals surface area contributed by atoms with Crippen molar-refractivity contribution in [2.24, 2.45) is 0 Å². The summed E-state index contributed by atoms with van der Waals surface area (Å²) in [7, 11) is 0. The summed E-state index contributed by atoms with van der Waals surface area (Å²) in [4.78, 5) is 25.9. The van der Waals surface area contributed by atoms with Crippen molar-refractivity contribution in [3.8, 4) is 5.75 Å². The quantitative estimate of drug-likeness (QED) is 0.701. The van der Waals surface area contributed by atoms with Gasteiger partial charge in [-0.25, -0.2) is 0 Å². The van der Waals surface area contributed by atoms with Gasteiger partial charge in [0.1, 0.15) is 23.6 Å². The summed E-state index contributed by atoms with van der Waals surface area (Å²) in [5.74, 6) is -1.56. The Morgan fingerprint density at radius 3 is 2.43 bits per heavy atom. The van der Waals surface area contributed by atoms with E-state index in [1.165, 1.54) is 13.0 Å². The molecule has 1 saturated carbocycles. The zero-order chi connectivity index (χ0) is 20.2. The van der Waals surface area contributed by atoms with Gasteiger partial charge in [-0.3, -0.25) is 9.59 Å². The van der Waals surface area contributed by atoms with E-state index in [1.807, 2.05) is 30.3 Å². The average Bonchev–Trinajstić information content (AvgIpc) is 2.69. The fraction of sp³-hybridized carbons (Fsp3) is 0.364. The lowest BCUT2D eigenvalue weighted by molar-refractivity contribution is -0.238. The molecular formula is C22H22O6. The van der Waals surface area contributed by atoms with Crippen LogP contribution in [0.4, 0.5) is 0 Å². The van der Waals surface area contributed by atoms with Gasteiger partial charge < -0.3 is 20.1 Å². The third-order valence-corrected chi connectivity index (χ3v) is 6.09. The first-order valence-corrected chi connectivity index (χ1v) is 9.29. The average molecular weight is 382 g/mol. The Labute approximate surface area is 162 Å². The minimum atomic E-state index is -2.70. The molecule has 3 atom stereocenters. The van der Waals surface area contributed by atoms with Crippen LogP contribution >= 0.6 is 0 Å². The molecule has 0 aromatic heterocycles. The minimum absolute atomic E-state index is 0.0387. The molecule has 0 bridgehead atoms. The molecule has 0 amide bonds. The smallest absolute Gasteiger partial charge is 0.218 e. The van der Waals surface area contributed by atoms with E-state index in [-0.39, 0.29) is 42.7 Å². The number of aliphatic hydroxyl groups is 3. The lowest BCUT2D eigenvalue weighted by Crippen LogP contribution is -2.75. The highest BCUT2D eigenvalue weighted by atomic mass is 16.5. The number of ketones is 2. The van der Waals surface area contributed by atoms with Crippen LogP contribution in [0.1, 0.15) is 47.7 Å². The fourth-order valence-electron chi connectivity index (χ4n) is 4.44. The van der Waals surface area contributed by atoms with Gasteiger partial charge in [-0.15, -0.1) is 0 Å². The molecule has 0 aliphatic heterocycles. The van der Waals surface area contributed by atoms with Gasteiger partial charge in [0.25, 0.3) is 0 Å². The molecule has 6 nitrogen and oxygen atoms in total. The van der Waals surface area contributed by atoms with E-state index in [0.717, 1.165) is 5.56 Å². The van der Waals surface area contributed by atoms with E-state index in [4.69, 9.17) is 4.74 Å². The predicted molar refractivity (Wildman–Crippen MR) is 99.9 cm³/mol. The summed E-state index contributed by atoms with van der Waals surface area (Å²) in [6.07, 6.45) is 0.173.